The van der Waals surface area contributed by atoms with Gasteiger partial charge in [0.1, 0.15) is 6.61 Å². The van der Waals surface area contributed by atoms with Crippen LogP contribution in [0.25, 0.3) is 0 Å². The van der Waals surface area contributed by atoms with Crippen LogP contribution in [0.5, 0.6) is 0 Å². The van der Waals surface area contributed by atoms with Gasteiger partial charge in [-0.1, -0.05) is 17.3 Å². The Morgan fingerprint density at radius 3 is 2.85 bits per heavy atom. The van der Waals surface area contributed by atoms with Crippen molar-refractivity contribution < 1.29 is 18.8 Å². The van der Waals surface area contributed by atoms with Crippen LogP contribution in [0, 0.1) is 0 Å². The number of carbonyl (C=O) groups excluding carboxylic acids is 2. The summed E-state index contributed by atoms with van der Waals surface area (Å²) in [5, 5.41) is 6.31. The van der Waals surface area contributed by atoms with Crippen LogP contribution in [0.2, 0.25) is 0 Å². The lowest BCUT2D eigenvalue weighted by Crippen LogP contribution is -2.12. The zero-order valence-electron chi connectivity index (χ0n) is 11.2. The van der Waals surface area contributed by atoms with Crippen molar-refractivity contribution in [3.8, 4) is 0 Å². The van der Waals surface area contributed by atoms with E-state index >= 15 is 0 Å². The molecule has 1 aromatic carbocycles. The predicted molar refractivity (Wildman–Crippen MR) is 71.6 cm³/mol. The Hall–Kier alpha value is -2.47. The van der Waals surface area contributed by atoms with Gasteiger partial charge in [-0.25, -0.2) is 0 Å². The van der Waals surface area contributed by atoms with Crippen molar-refractivity contribution in [1.82, 2.24) is 5.16 Å². The molecular weight excluding hydrogens is 260 g/mol. The van der Waals surface area contributed by atoms with E-state index in [9.17, 15) is 9.59 Å². The number of nitrogens with zero attached hydrogens (tertiary/aromatic N) is 1. The van der Waals surface area contributed by atoms with Crippen LogP contribution in [0.1, 0.15) is 33.5 Å². The maximum absolute atomic E-state index is 12.0. The number of hydrogen-bond acceptors (Lipinski definition) is 5. The van der Waals surface area contributed by atoms with E-state index < -0.39 is 5.91 Å². The predicted octanol–water partition coefficient (Wildman–Crippen LogP) is 2.28. The number of hydrogen-bond donors (Lipinski definition) is 1. The molecule has 0 aliphatic rings. The number of benzene rings is 1. The lowest BCUT2D eigenvalue weighted by atomic mass is 10.1. The van der Waals surface area contributed by atoms with E-state index in [4.69, 9.17) is 9.26 Å². The summed E-state index contributed by atoms with van der Waals surface area (Å²) < 4.78 is 9.81. The van der Waals surface area contributed by atoms with E-state index in [-0.39, 0.29) is 18.1 Å². The summed E-state index contributed by atoms with van der Waals surface area (Å²) in [7, 11) is 1.52. The molecule has 0 spiro atoms. The van der Waals surface area contributed by atoms with Crippen molar-refractivity contribution in [1.29, 1.82) is 0 Å². The molecule has 0 unspecified atom stereocenters. The molecule has 2 rings (SSSR count). The SMILES string of the molecule is COCc1cc(C(=O)Nc2cccc(C(C)=O)c2)no1. The van der Waals surface area contributed by atoms with Gasteiger partial charge in [0.15, 0.2) is 17.2 Å². The summed E-state index contributed by atoms with van der Waals surface area (Å²) in [4.78, 5) is 23.2. The first-order chi connectivity index (χ1) is 9.60. The molecule has 1 amide bonds. The summed E-state index contributed by atoms with van der Waals surface area (Å²) in [5.74, 6) is -0.00291. The lowest BCUT2D eigenvalue weighted by molar-refractivity contribution is 0.100. The number of anilines is 1. The Balaban J connectivity index is 2.10. The molecular formula is C14H14N2O4. The van der Waals surface area contributed by atoms with Crippen molar-refractivity contribution in [2.45, 2.75) is 13.5 Å². The Kier molecular flexibility index (Phi) is 4.27. The van der Waals surface area contributed by atoms with Gasteiger partial charge in [-0.2, -0.15) is 0 Å². The first kappa shape index (κ1) is 14.0. The average molecular weight is 274 g/mol. The summed E-state index contributed by atoms with van der Waals surface area (Å²) in [6, 6.07) is 8.20. The van der Waals surface area contributed by atoms with Crippen molar-refractivity contribution in [3.63, 3.8) is 0 Å². The minimum Gasteiger partial charge on any atom is -0.377 e. The van der Waals surface area contributed by atoms with Crippen molar-refractivity contribution in [2.24, 2.45) is 0 Å². The molecule has 0 saturated heterocycles. The molecule has 20 heavy (non-hydrogen) atoms. The fraction of sp³-hybridized carbons (Fsp3) is 0.214. The highest BCUT2D eigenvalue weighted by atomic mass is 16.5. The van der Waals surface area contributed by atoms with Crippen molar-refractivity contribution >= 4 is 17.4 Å². The Morgan fingerprint density at radius 2 is 2.15 bits per heavy atom. The maximum atomic E-state index is 12.0. The summed E-state index contributed by atoms with van der Waals surface area (Å²) in [6.07, 6.45) is 0. The minimum absolute atomic E-state index is 0.0649. The number of nitrogens with one attached hydrogen (secondary N) is 1. The van der Waals surface area contributed by atoms with Crippen LogP contribution in [0.4, 0.5) is 5.69 Å². The number of amides is 1. The number of aromatic nitrogens is 1. The van der Waals surface area contributed by atoms with Gasteiger partial charge in [0.25, 0.3) is 5.91 Å². The molecule has 0 fully saturated rings. The van der Waals surface area contributed by atoms with Crippen LogP contribution in [0.15, 0.2) is 34.9 Å². The Labute approximate surface area is 115 Å². The Morgan fingerprint density at radius 1 is 1.35 bits per heavy atom. The highest BCUT2D eigenvalue weighted by Gasteiger charge is 2.13. The number of rotatable bonds is 5. The molecule has 0 saturated carbocycles. The molecule has 0 bridgehead atoms. The topological polar surface area (TPSA) is 81.4 Å². The highest BCUT2D eigenvalue weighted by Crippen LogP contribution is 2.13. The van der Waals surface area contributed by atoms with Crippen LogP contribution in [-0.2, 0) is 11.3 Å². The summed E-state index contributed by atoms with van der Waals surface area (Å²) >= 11 is 0. The van der Waals surface area contributed by atoms with Gasteiger partial charge in [-0.05, 0) is 19.1 Å². The molecule has 0 radical (unpaired) electrons. The van der Waals surface area contributed by atoms with E-state index in [2.05, 4.69) is 10.5 Å². The average Bonchev–Trinajstić information content (AvgIpc) is 2.88. The van der Waals surface area contributed by atoms with Crippen LogP contribution < -0.4 is 5.32 Å². The molecule has 0 atom stereocenters. The van der Waals surface area contributed by atoms with E-state index in [0.29, 0.717) is 17.0 Å². The first-order valence-corrected chi connectivity index (χ1v) is 5.97. The number of ether oxygens (including phenoxy) is 1. The normalized spacial score (nSPS) is 10.3. The van der Waals surface area contributed by atoms with E-state index in [1.165, 1.54) is 20.1 Å². The van der Waals surface area contributed by atoms with Crippen molar-refractivity contribution in [3.05, 3.63) is 47.3 Å². The third kappa shape index (κ3) is 3.30. The quantitative estimate of drug-likeness (QED) is 0.846. The third-order valence-corrected chi connectivity index (χ3v) is 2.61. The van der Waals surface area contributed by atoms with Gasteiger partial charge in [0.2, 0.25) is 0 Å². The second-order valence-corrected chi connectivity index (χ2v) is 4.20. The monoisotopic (exact) mass is 274 g/mol. The van der Waals surface area contributed by atoms with Crippen LogP contribution in [0.3, 0.4) is 0 Å². The summed E-state index contributed by atoms with van der Waals surface area (Å²) in [6.45, 7) is 1.72. The van der Waals surface area contributed by atoms with Gasteiger partial charge in [-0.15, -0.1) is 0 Å². The molecule has 1 heterocycles. The van der Waals surface area contributed by atoms with E-state index in [1.807, 2.05) is 0 Å². The largest absolute Gasteiger partial charge is 0.377 e. The number of ketones is 1. The molecule has 6 nitrogen and oxygen atoms in total. The van der Waals surface area contributed by atoms with Crippen LogP contribution in [-0.4, -0.2) is 24.0 Å². The number of Topliss-reactive ketones (excluding diaryl/α,β-unsaturated/α-hetero) is 1. The fourth-order valence-electron chi connectivity index (χ4n) is 1.64. The molecule has 0 aliphatic carbocycles. The zero-order chi connectivity index (χ0) is 14.5. The summed E-state index contributed by atoms with van der Waals surface area (Å²) in [5.41, 5.74) is 1.22. The van der Waals surface area contributed by atoms with E-state index in [1.54, 1.807) is 24.3 Å². The maximum Gasteiger partial charge on any atom is 0.277 e. The fourth-order valence-corrected chi connectivity index (χ4v) is 1.64. The Bertz CT molecular complexity index is 634. The molecule has 1 N–H and O–H groups in total. The van der Waals surface area contributed by atoms with E-state index in [0.717, 1.165) is 0 Å². The molecule has 104 valence electrons. The van der Waals surface area contributed by atoms with Crippen molar-refractivity contribution in [2.75, 3.05) is 12.4 Å². The number of carbonyl (C=O) groups is 2. The second kappa shape index (κ2) is 6.12. The lowest BCUT2D eigenvalue weighted by Gasteiger charge is -2.04. The standard InChI is InChI=1S/C14H14N2O4/c1-9(17)10-4-3-5-11(6-10)15-14(18)13-7-12(8-19-2)20-16-13/h3-7H,8H2,1-2H3,(H,15,18). The smallest absolute Gasteiger partial charge is 0.277 e. The van der Waals surface area contributed by atoms with Gasteiger partial charge in [0.05, 0.1) is 0 Å². The highest BCUT2D eigenvalue weighted by molar-refractivity contribution is 6.03. The molecule has 0 aliphatic heterocycles. The third-order valence-electron chi connectivity index (χ3n) is 2.61. The molecule has 1 aromatic heterocycles. The minimum atomic E-state index is -0.406. The molecule has 2 aromatic rings. The van der Waals surface area contributed by atoms with Gasteiger partial charge < -0.3 is 14.6 Å². The molecule has 6 heteroatoms. The van der Waals surface area contributed by atoms with Gasteiger partial charge in [0, 0.05) is 24.4 Å². The number of methoxy groups -OCH3 is 1. The van der Waals surface area contributed by atoms with Gasteiger partial charge in [-0.3, -0.25) is 9.59 Å². The zero-order valence-corrected chi connectivity index (χ0v) is 11.2. The van der Waals surface area contributed by atoms with Gasteiger partial charge >= 0.3 is 0 Å². The second-order valence-electron chi connectivity index (χ2n) is 4.20. The first-order valence-electron chi connectivity index (χ1n) is 5.97. The van der Waals surface area contributed by atoms with Crippen LogP contribution >= 0.6 is 0 Å².